The first-order valence-electron chi connectivity index (χ1n) is 8.47. The molecule has 1 saturated heterocycles. The molecular weight excluding hydrogens is 342 g/mol. The number of hydrogen-bond donors (Lipinski definition) is 1. The maximum atomic E-state index is 12.5. The Hall–Kier alpha value is -2.22. The molecule has 7 nitrogen and oxygen atoms in total. The Labute approximate surface area is 148 Å². The molecule has 2 aromatic heterocycles. The van der Waals surface area contributed by atoms with Gasteiger partial charge in [0.25, 0.3) is 0 Å². The molecule has 132 valence electrons. The first-order chi connectivity index (χ1) is 12.1. The third-order valence-corrected chi connectivity index (χ3v) is 5.73. The van der Waals surface area contributed by atoms with E-state index in [1.807, 2.05) is 16.8 Å². The van der Waals surface area contributed by atoms with Gasteiger partial charge in [0.15, 0.2) is 0 Å². The quantitative estimate of drug-likeness (QED) is 0.848. The SMILES string of the molecule is O=C(O)[C@H]1CN(C(=O)CCc2nnc(-c3ccsc3)o2)C[C@@H]1C1CC1. The summed E-state index contributed by atoms with van der Waals surface area (Å²) in [6, 6.07) is 1.90. The van der Waals surface area contributed by atoms with Crippen LogP contribution in [-0.2, 0) is 16.0 Å². The van der Waals surface area contributed by atoms with Crippen molar-refractivity contribution in [1.29, 1.82) is 0 Å². The van der Waals surface area contributed by atoms with E-state index in [2.05, 4.69) is 10.2 Å². The van der Waals surface area contributed by atoms with Crippen LogP contribution in [0.5, 0.6) is 0 Å². The zero-order valence-electron chi connectivity index (χ0n) is 13.6. The van der Waals surface area contributed by atoms with E-state index in [1.165, 1.54) is 0 Å². The molecule has 1 aliphatic heterocycles. The maximum Gasteiger partial charge on any atom is 0.308 e. The van der Waals surface area contributed by atoms with E-state index in [-0.39, 0.29) is 18.2 Å². The van der Waals surface area contributed by atoms with Gasteiger partial charge in [0.05, 0.1) is 5.92 Å². The fourth-order valence-corrected chi connectivity index (χ4v) is 4.16. The van der Waals surface area contributed by atoms with Crippen molar-refractivity contribution >= 4 is 23.2 Å². The van der Waals surface area contributed by atoms with Gasteiger partial charge in [-0.3, -0.25) is 9.59 Å². The Morgan fingerprint density at radius 1 is 1.32 bits per heavy atom. The third-order valence-electron chi connectivity index (χ3n) is 5.05. The van der Waals surface area contributed by atoms with Crippen molar-refractivity contribution in [2.75, 3.05) is 13.1 Å². The number of carboxylic acids is 1. The van der Waals surface area contributed by atoms with Crippen LogP contribution in [-0.4, -0.2) is 45.2 Å². The molecule has 2 atom stereocenters. The minimum Gasteiger partial charge on any atom is -0.481 e. The van der Waals surface area contributed by atoms with Crippen LogP contribution in [0.4, 0.5) is 0 Å². The Morgan fingerprint density at radius 2 is 2.16 bits per heavy atom. The molecule has 1 amide bonds. The van der Waals surface area contributed by atoms with Gasteiger partial charge in [-0.2, -0.15) is 11.3 Å². The molecule has 2 aliphatic rings. The van der Waals surface area contributed by atoms with Crippen molar-refractivity contribution in [3.63, 3.8) is 0 Å². The van der Waals surface area contributed by atoms with Gasteiger partial charge in [-0.15, -0.1) is 10.2 Å². The molecular formula is C17H19N3O4S. The van der Waals surface area contributed by atoms with E-state index in [0.29, 0.717) is 37.2 Å². The summed E-state index contributed by atoms with van der Waals surface area (Å²) in [6.45, 7) is 0.879. The summed E-state index contributed by atoms with van der Waals surface area (Å²) in [7, 11) is 0. The minimum atomic E-state index is -0.787. The number of amides is 1. The van der Waals surface area contributed by atoms with Crippen LogP contribution in [0.1, 0.15) is 25.2 Å². The standard InChI is InChI=1S/C17H19N3O4S/c21-15(20-7-12(10-1-2-10)13(8-20)17(22)23)4-3-14-18-19-16(24-14)11-5-6-25-9-11/h5-6,9-10,12-13H,1-4,7-8H2,(H,22,23)/t12-,13+/m1/s1. The molecule has 4 rings (SSSR count). The molecule has 8 heteroatoms. The average Bonchev–Trinajstić information content (AvgIpc) is 3.05. The predicted octanol–water partition coefficient (Wildman–Crippen LogP) is 2.30. The largest absolute Gasteiger partial charge is 0.481 e. The second-order valence-electron chi connectivity index (χ2n) is 6.76. The van der Waals surface area contributed by atoms with Gasteiger partial charge in [-0.05, 0) is 36.1 Å². The Balaban J connectivity index is 1.34. The highest BCUT2D eigenvalue weighted by Gasteiger charge is 2.46. The van der Waals surface area contributed by atoms with E-state index < -0.39 is 11.9 Å². The molecule has 1 N–H and O–H groups in total. The highest BCUT2D eigenvalue weighted by molar-refractivity contribution is 7.08. The van der Waals surface area contributed by atoms with Gasteiger partial charge in [0, 0.05) is 36.9 Å². The summed E-state index contributed by atoms with van der Waals surface area (Å²) in [4.78, 5) is 25.6. The van der Waals surface area contributed by atoms with Gasteiger partial charge >= 0.3 is 5.97 Å². The van der Waals surface area contributed by atoms with Gasteiger partial charge in [0.1, 0.15) is 0 Å². The second-order valence-corrected chi connectivity index (χ2v) is 7.54. The number of likely N-dealkylation sites (tertiary alicyclic amines) is 1. The lowest BCUT2D eigenvalue weighted by molar-refractivity contribution is -0.142. The van der Waals surface area contributed by atoms with Gasteiger partial charge in [-0.25, -0.2) is 0 Å². The molecule has 0 bridgehead atoms. The number of thiophene rings is 1. The normalized spacial score (nSPS) is 23.1. The number of aliphatic carboxylic acids is 1. The lowest BCUT2D eigenvalue weighted by Crippen LogP contribution is -2.30. The Morgan fingerprint density at radius 3 is 2.84 bits per heavy atom. The van der Waals surface area contributed by atoms with E-state index in [0.717, 1.165) is 18.4 Å². The van der Waals surface area contributed by atoms with Gasteiger partial charge in [0.2, 0.25) is 17.7 Å². The average molecular weight is 361 g/mol. The molecule has 0 unspecified atom stereocenters. The number of carbonyl (C=O) groups is 2. The highest BCUT2D eigenvalue weighted by atomic mass is 32.1. The number of aryl methyl sites for hydroxylation is 1. The number of nitrogens with zero attached hydrogens (tertiary/aromatic N) is 3. The zero-order valence-corrected chi connectivity index (χ0v) is 14.4. The van der Waals surface area contributed by atoms with Crippen LogP contribution in [0, 0.1) is 17.8 Å². The number of aromatic nitrogens is 2. The molecule has 0 radical (unpaired) electrons. The van der Waals surface area contributed by atoms with Crippen molar-refractivity contribution in [2.24, 2.45) is 17.8 Å². The first-order valence-corrected chi connectivity index (χ1v) is 9.41. The summed E-state index contributed by atoms with van der Waals surface area (Å²) >= 11 is 1.55. The molecule has 2 fully saturated rings. The van der Waals surface area contributed by atoms with Gasteiger partial charge < -0.3 is 14.4 Å². The summed E-state index contributed by atoms with van der Waals surface area (Å²) in [5.41, 5.74) is 0.881. The summed E-state index contributed by atoms with van der Waals surface area (Å²) in [5, 5.41) is 21.2. The topological polar surface area (TPSA) is 96.5 Å². The van der Waals surface area contributed by atoms with Crippen molar-refractivity contribution in [3.8, 4) is 11.5 Å². The molecule has 3 heterocycles. The molecule has 1 saturated carbocycles. The van der Waals surface area contributed by atoms with Crippen LogP contribution in [0.2, 0.25) is 0 Å². The van der Waals surface area contributed by atoms with E-state index in [9.17, 15) is 14.7 Å². The van der Waals surface area contributed by atoms with Crippen LogP contribution in [0.15, 0.2) is 21.2 Å². The van der Waals surface area contributed by atoms with Crippen LogP contribution in [0.25, 0.3) is 11.5 Å². The zero-order chi connectivity index (χ0) is 17.4. The number of hydrogen-bond acceptors (Lipinski definition) is 6. The molecule has 25 heavy (non-hydrogen) atoms. The third kappa shape index (κ3) is 3.44. The fraction of sp³-hybridized carbons (Fsp3) is 0.529. The lowest BCUT2D eigenvalue weighted by atomic mass is 9.92. The van der Waals surface area contributed by atoms with Crippen LogP contribution in [0.3, 0.4) is 0 Å². The number of rotatable bonds is 6. The van der Waals surface area contributed by atoms with E-state index in [4.69, 9.17) is 4.42 Å². The lowest BCUT2D eigenvalue weighted by Gasteiger charge is -2.15. The Kier molecular flexibility index (Phi) is 4.29. The van der Waals surface area contributed by atoms with E-state index >= 15 is 0 Å². The first kappa shape index (κ1) is 16.3. The summed E-state index contributed by atoms with van der Waals surface area (Å²) in [5.74, 6) is 0.226. The summed E-state index contributed by atoms with van der Waals surface area (Å²) < 4.78 is 5.59. The smallest absolute Gasteiger partial charge is 0.308 e. The van der Waals surface area contributed by atoms with E-state index in [1.54, 1.807) is 16.2 Å². The minimum absolute atomic E-state index is 0.0373. The van der Waals surface area contributed by atoms with Crippen LogP contribution >= 0.6 is 11.3 Å². The molecule has 0 spiro atoms. The molecule has 0 aromatic carbocycles. The number of carbonyl (C=O) groups excluding carboxylic acids is 1. The van der Waals surface area contributed by atoms with Crippen molar-refractivity contribution in [3.05, 3.63) is 22.7 Å². The number of carboxylic acid groups (broad SMARTS) is 1. The molecule has 2 aromatic rings. The van der Waals surface area contributed by atoms with Crippen molar-refractivity contribution < 1.29 is 19.1 Å². The molecule has 1 aliphatic carbocycles. The fourth-order valence-electron chi connectivity index (χ4n) is 3.53. The predicted molar refractivity (Wildman–Crippen MR) is 89.9 cm³/mol. The highest BCUT2D eigenvalue weighted by Crippen LogP contribution is 2.44. The Bertz CT molecular complexity index is 769. The maximum absolute atomic E-state index is 12.5. The van der Waals surface area contributed by atoms with Crippen LogP contribution < -0.4 is 0 Å². The monoisotopic (exact) mass is 361 g/mol. The van der Waals surface area contributed by atoms with Gasteiger partial charge in [-0.1, -0.05) is 0 Å². The van der Waals surface area contributed by atoms with Crippen molar-refractivity contribution in [1.82, 2.24) is 15.1 Å². The van der Waals surface area contributed by atoms with Crippen molar-refractivity contribution in [2.45, 2.75) is 25.7 Å². The summed E-state index contributed by atoms with van der Waals surface area (Å²) in [6.07, 6.45) is 2.81. The second kappa shape index (κ2) is 6.59.